The summed E-state index contributed by atoms with van der Waals surface area (Å²) >= 11 is 0. The number of morpholine rings is 1. The predicted octanol–water partition coefficient (Wildman–Crippen LogP) is 2.80. The molecule has 1 N–H and O–H groups in total. The molecule has 0 unspecified atom stereocenters. The number of sulfonamides is 1. The molecule has 2 fully saturated rings. The number of amides is 1. The number of pyridine rings is 2. The number of nitro groups is 1. The fraction of sp³-hybridized carbons (Fsp3) is 0.448. The van der Waals surface area contributed by atoms with Crippen molar-refractivity contribution in [1.29, 1.82) is 0 Å². The van der Waals surface area contributed by atoms with E-state index >= 15 is 0 Å². The molecule has 5 heterocycles. The number of imidazole rings is 1. The molecule has 1 amide bonds. The fourth-order valence-electron chi connectivity index (χ4n) is 5.63. The molecule has 0 bridgehead atoms. The van der Waals surface area contributed by atoms with Crippen molar-refractivity contribution in [3.63, 3.8) is 0 Å². The van der Waals surface area contributed by atoms with Crippen LogP contribution in [0.2, 0.25) is 0 Å². The van der Waals surface area contributed by atoms with Crippen LogP contribution in [0.4, 0.5) is 28.2 Å². The van der Waals surface area contributed by atoms with E-state index in [-0.39, 0.29) is 29.4 Å². The third-order valence-corrected chi connectivity index (χ3v) is 9.12. The highest BCUT2D eigenvalue weighted by atomic mass is 32.2. The van der Waals surface area contributed by atoms with Crippen LogP contribution >= 0.6 is 0 Å². The average molecular weight is 683 g/mol. The molecule has 6 rings (SSSR count). The molecule has 0 aromatic carbocycles. The molecule has 1 aliphatic heterocycles. The van der Waals surface area contributed by atoms with Crippen LogP contribution < -0.4 is 19.3 Å². The second-order valence-electron chi connectivity index (χ2n) is 11.4. The Morgan fingerprint density at radius 3 is 2.50 bits per heavy atom. The van der Waals surface area contributed by atoms with Crippen molar-refractivity contribution in [1.82, 2.24) is 29.5 Å². The zero-order valence-electron chi connectivity index (χ0n) is 26.3. The molecule has 0 spiro atoms. The van der Waals surface area contributed by atoms with Gasteiger partial charge >= 0.3 is 12.0 Å². The van der Waals surface area contributed by atoms with Gasteiger partial charge in [-0.2, -0.15) is 9.29 Å². The lowest BCUT2D eigenvalue weighted by atomic mass is 9.93. The van der Waals surface area contributed by atoms with E-state index < -0.39 is 33.6 Å². The number of hydrogen-bond donors (Lipinski definition) is 1. The van der Waals surface area contributed by atoms with Gasteiger partial charge in [-0.3, -0.25) is 4.98 Å². The number of nitrogens with one attached hydrogen (secondary N) is 1. The Kier molecular flexibility index (Phi) is 9.49. The maximum absolute atomic E-state index is 13.2. The van der Waals surface area contributed by atoms with Crippen molar-refractivity contribution < 1.29 is 32.3 Å². The van der Waals surface area contributed by atoms with Gasteiger partial charge < -0.3 is 34.5 Å². The van der Waals surface area contributed by atoms with E-state index in [1.165, 1.54) is 25.5 Å². The predicted molar refractivity (Wildman–Crippen MR) is 172 cm³/mol. The Morgan fingerprint density at radius 1 is 1.10 bits per heavy atom. The van der Waals surface area contributed by atoms with E-state index in [2.05, 4.69) is 30.2 Å². The quantitative estimate of drug-likeness (QED) is 0.188. The topological polar surface area (TPSA) is 210 Å². The van der Waals surface area contributed by atoms with Crippen LogP contribution in [0.25, 0.3) is 10.9 Å². The second kappa shape index (κ2) is 13.9. The van der Waals surface area contributed by atoms with E-state index in [0.717, 1.165) is 36.5 Å². The number of anilines is 3. The molecule has 4 aromatic rings. The molecule has 0 atom stereocenters. The Labute approximate surface area is 275 Å². The molecule has 48 heavy (non-hydrogen) atoms. The van der Waals surface area contributed by atoms with Crippen molar-refractivity contribution in [2.24, 2.45) is 7.05 Å². The highest BCUT2D eigenvalue weighted by Crippen LogP contribution is 2.34. The van der Waals surface area contributed by atoms with Crippen molar-refractivity contribution in [2.45, 2.75) is 44.4 Å². The zero-order chi connectivity index (χ0) is 33.8. The fourth-order valence-corrected chi connectivity index (χ4v) is 6.43. The van der Waals surface area contributed by atoms with Crippen LogP contribution in [0, 0.1) is 10.1 Å². The molecule has 0 radical (unpaired) electrons. The van der Waals surface area contributed by atoms with Crippen LogP contribution in [0.1, 0.15) is 31.4 Å². The van der Waals surface area contributed by atoms with Crippen molar-refractivity contribution in [3.8, 4) is 5.88 Å². The normalized spacial score (nSPS) is 18.3. The zero-order valence-corrected chi connectivity index (χ0v) is 27.1. The lowest BCUT2D eigenvalue weighted by molar-refractivity contribution is -0.396. The SMILES string of the molecule is Cn1c(COC(=O)N(c2cnc3cc(N4CCOCC4)nc(OC4CCC(Nc5ncccn5)CC4)c3c2)S(C)(=O)=O)cnc1[N+](=O)[O-]. The summed E-state index contributed by atoms with van der Waals surface area (Å²) in [5.74, 6) is 1.02. The highest BCUT2D eigenvalue weighted by molar-refractivity contribution is 7.92. The van der Waals surface area contributed by atoms with Crippen LogP contribution in [0.3, 0.4) is 0 Å². The molecule has 254 valence electrons. The smallest absolute Gasteiger partial charge is 0.434 e. The van der Waals surface area contributed by atoms with E-state index in [4.69, 9.17) is 19.2 Å². The van der Waals surface area contributed by atoms with Gasteiger partial charge in [-0.15, -0.1) is 0 Å². The summed E-state index contributed by atoms with van der Waals surface area (Å²) in [6.45, 7) is 1.88. The van der Waals surface area contributed by atoms with Crippen LogP contribution in [0.15, 0.2) is 43.0 Å². The first-order chi connectivity index (χ1) is 23.1. The third kappa shape index (κ3) is 7.36. The summed E-state index contributed by atoms with van der Waals surface area (Å²) in [5.41, 5.74) is 0.593. The van der Waals surface area contributed by atoms with Crippen LogP contribution in [-0.2, 0) is 33.2 Å². The van der Waals surface area contributed by atoms with Crippen molar-refractivity contribution >= 4 is 50.4 Å². The monoisotopic (exact) mass is 682 g/mol. The Balaban J connectivity index is 1.26. The number of hydrogen-bond acceptors (Lipinski definition) is 15. The molecule has 1 saturated heterocycles. The first-order valence-electron chi connectivity index (χ1n) is 15.2. The summed E-state index contributed by atoms with van der Waals surface area (Å²) in [6.07, 6.45) is 8.30. The van der Waals surface area contributed by atoms with Gasteiger partial charge in [0.2, 0.25) is 21.9 Å². The van der Waals surface area contributed by atoms with Crippen molar-refractivity contribution in [3.05, 3.63) is 58.8 Å². The van der Waals surface area contributed by atoms with E-state index in [0.29, 0.717) is 53.3 Å². The largest absolute Gasteiger partial charge is 0.474 e. The lowest BCUT2D eigenvalue weighted by Crippen LogP contribution is -2.37. The van der Waals surface area contributed by atoms with Crippen LogP contribution in [-0.4, -0.2) is 93.6 Å². The standard InChI is InChI=1S/C29H34N10O8S/c1-36-21(17-33-28(36)39(41)42)18-46-29(40)38(48(2,43)44)20-14-23-24(32-16-20)15-25(37-10-12-45-13-11-37)35-26(23)47-22-6-4-19(5-7-22)34-27-30-8-3-9-31-27/h3,8-9,14-17,19,22H,4-7,10-13,18H2,1-2H3,(H,30,31,34). The number of carbonyl (C=O) groups excluding carboxylic acids is 1. The summed E-state index contributed by atoms with van der Waals surface area (Å²) in [5, 5.41) is 14.9. The molecule has 2 aliphatic rings. The Bertz CT molecular complexity index is 1890. The second-order valence-corrected chi connectivity index (χ2v) is 13.2. The molecule has 1 saturated carbocycles. The minimum Gasteiger partial charge on any atom is -0.474 e. The first kappa shape index (κ1) is 32.8. The summed E-state index contributed by atoms with van der Waals surface area (Å²) in [7, 11) is -2.83. The van der Waals surface area contributed by atoms with Gasteiger partial charge in [0.1, 0.15) is 18.1 Å². The first-order valence-corrected chi connectivity index (χ1v) is 17.1. The number of aromatic nitrogens is 6. The Morgan fingerprint density at radius 2 is 1.83 bits per heavy atom. The molecule has 18 nitrogen and oxygen atoms in total. The average Bonchev–Trinajstić information content (AvgIpc) is 3.45. The molecule has 4 aromatic heterocycles. The number of carbonyl (C=O) groups is 1. The minimum absolute atomic E-state index is 0.0903. The number of nitrogens with zero attached hydrogens (tertiary/aromatic N) is 9. The van der Waals surface area contributed by atoms with Crippen LogP contribution in [0.5, 0.6) is 5.88 Å². The molecule has 1 aliphatic carbocycles. The van der Waals surface area contributed by atoms with E-state index in [9.17, 15) is 23.3 Å². The third-order valence-electron chi connectivity index (χ3n) is 8.10. The molecular formula is C29H34N10O8S. The van der Waals surface area contributed by atoms with E-state index in [1.54, 1.807) is 24.5 Å². The summed E-state index contributed by atoms with van der Waals surface area (Å²) < 4.78 is 44.7. The number of ether oxygens (including phenoxy) is 3. The van der Waals surface area contributed by atoms with Gasteiger partial charge in [0.05, 0.1) is 49.3 Å². The Hall–Kier alpha value is -5.17. The summed E-state index contributed by atoms with van der Waals surface area (Å²) in [6, 6.07) is 5.20. The van der Waals surface area contributed by atoms with Gasteiger partial charge in [0, 0.05) is 37.6 Å². The molecule has 19 heteroatoms. The lowest BCUT2D eigenvalue weighted by Gasteiger charge is -2.31. The summed E-state index contributed by atoms with van der Waals surface area (Å²) in [4.78, 5) is 47.3. The number of rotatable bonds is 10. The molecular weight excluding hydrogens is 648 g/mol. The maximum Gasteiger partial charge on any atom is 0.434 e. The van der Waals surface area contributed by atoms with Gasteiger partial charge in [-0.25, -0.2) is 27.7 Å². The van der Waals surface area contributed by atoms with E-state index in [1.807, 2.05) is 0 Å². The number of fused-ring (bicyclic) bond motifs is 1. The highest BCUT2D eigenvalue weighted by Gasteiger charge is 2.31. The van der Waals surface area contributed by atoms with Gasteiger partial charge in [0.15, 0.2) is 12.3 Å². The van der Waals surface area contributed by atoms with Gasteiger partial charge in [-0.05, 0) is 42.7 Å². The van der Waals surface area contributed by atoms with Crippen molar-refractivity contribution in [2.75, 3.05) is 47.1 Å². The van der Waals surface area contributed by atoms with Gasteiger partial charge in [-0.1, -0.05) is 4.98 Å². The maximum atomic E-state index is 13.2. The van der Waals surface area contributed by atoms with Gasteiger partial charge in [0.25, 0.3) is 0 Å². The minimum atomic E-state index is -4.22.